The minimum absolute atomic E-state index is 0.0645. The normalized spacial score (nSPS) is 39.1. The molecule has 5 nitrogen and oxygen atoms in total. The third kappa shape index (κ3) is 3.45. The number of fused-ring (bicyclic) bond motifs is 1. The molecule has 3 N–H and O–H groups in total. The van der Waals surface area contributed by atoms with Crippen LogP contribution in [0.1, 0.15) is 52.4 Å². The number of nitrogens with one attached hydrogen (secondary N) is 1. The van der Waals surface area contributed by atoms with Crippen molar-refractivity contribution in [3.8, 4) is 0 Å². The highest BCUT2D eigenvalue weighted by molar-refractivity contribution is 5.87. The lowest BCUT2D eigenvalue weighted by molar-refractivity contribution is -0.718. The van der Waals surface area contributed by atoms with Gasteiger partial charge in [-0.25, -0.2) is 0 Å². The smallest absolute Gasteiger partial charge is 0.279 e. The van der Waals surface area contributed by atoms with Gasteiger partial charge in [-0.3, -0.25) is 9.59 Å². The molecule has 124 valence electrons. The van der Waals surface area contributed by atoms with Crippen molar-refractivity contribution in [1.82, 2.24) is 10.2 Å². The Bertz CT molecular complexity index is 430. The zero-order valence-corrected chi connectivity index (χ0v) is 13.9. The fourth-order valence-corrected chi connectivity index (χ4v) is 4.59. The van der Waals surface area contributed by atoms with E-state index >= 15 is 0 Å². The topological polar surface area (TPSA) is 66.0 Å². The molecule has 0 spiro atoms. The van der Waals surface area contributed by atoms with Gasteiger partial charge in [0.15, 0.2) is 6.04 Å². The van der Waals surface area contributed by atoms with Gasteiger partial charge in [-0.2, -0.15) is 0 Å². The number of rotatable bonds is 2. The number of nitrogens with zero attached hydrogens (tertiary/aromatic N) is 1. The van der Waals surface area contributed by atoms with Gasteiger partial charge in [-0.05, 0) is 31.1 Å². The molecule has 1 saturated carbocycles. The van der Waals surface area contributed by atoms with Gasteiger partial charge in [-0.1, -0.05) is 20.3 Å². The number of likely N-dealkylation sites (tertiary alicyclic amines) is 1. The van der Waals surface area contributed by atoms with Crippen LogP contribution in [-0.2, 0) is 9.59 Å². The first-order chi connectivity index (χ1) is 10.5. The van der Waals surface area contributed by atoms with E-state index in [1.54, 1.807) is 0 Å². The second-order valence-electron chi connectivity index (χ2n) is 7.81. The van der Waals surface area contributed by atoms with Crippen molar-refractivity contribution in [3.05, 3.63) is 0 Å². The van der Waals surface area contributed by atoms with Crippen molar-refractivity contribution >= 4 is 11.8 Å². The number of carbonyl (C=O) groups excluding carboxylic acids is 2. The highest BCUT2D eigenvalue weighted by Gasteiger charge is 2.41. The highest BCUT2D eigenvalue weighted by Crippen LogP contribution is 2.22. The number of amides is 2. The van der Waals surface area contributed by atoms with Crippen LogP contribution >= 0.6 is 0 Å². The van der Waals surface area contributed by atoms with Gasteiger partial charge in [0, 0.05) is 19.5 Å². The van der Waals surface area contributed by atoms with Crippen molar-refractivity contribution < 1.29 is 14.9 Å². The van der Waals surface area contributed by atoms with Crippen LogP contribution in [0.3, 0.4) is 0 Å². The number of quaternary nitrogens is 1. The van der Waals surface area contributed by atoms with E-state index in [1.807, 2.05) is 4.90 Å². The van der Waals surface area contributed by atoms with Gasteiger partial charge in [0.1, 0.15) is 6.04 Å². The Morgan fingerprint density at radius 3 is 2.64 bits per heavy atom. The van der Waals surface area contributed by atoms with E-state index in [2.05, 4.69) is 24.5 Å². The molecular formula is C17H30N3O2+. The number of piperidine rings is 1. The summed E-state index contributed by atoms with van der Waals surface area (Å²) in [5, 5.41) is 5.33. The largest absolute Gasteiger partial charge is 0.342 e. The Labute approximate surface area is 133 Å². The van der Waals surface area contributed by atoms with Crippen LogP contribution in [0.15, 0.2) is 0 Å². The van der Waals surface area contributed by atoms with Crippen molar-refractivity contribution in [3.63, 3.8) is 0 Å². The number of carbonyl (C=O) groups is 2. The molecule has 2 amide bonds. The number of piperazine rings is 1. The van der Waals surface area contributed by atoms with Gasteiger partial charge in [0.25, 0.3) is 5.91 Å². The molecule has 2 saturated heterocycles. The molecule has 3 aliphatic rings. The average molecular weight is 308 g/mol. The summed E-state index contributed by atoms with van der Waals surface area (Å²) in [5.74, 6) is 1.36. The third-order valence-electron chi connectivity index (χ3n) is 5.58. The van der Waals surface area contributed by atoms with Crippen LogP contribution in [0.5, 0.6) is 0 Å². The second-order valence-corrected chi connectivity index (χ2v) is 7.81. The summed E-state index contributed by atoms with van der Waals surface area (Å²) in [6.07, 6.45) is 6.26. The number of nitrogens with two attached hydrogens (primary N) is 1. The summed E-state index contributed by atoms with van der Waals surface area (Å²) in [4.78, 5) is 26.9. The van der Waals surface area contributed by atoms with E-state index in [4.69, 9.17) is 0 Å². The van der Waals surface area contributed by atoms with Gasteiger partial charge >= 0.3 is 0 Å². The summed E-state index contributed by atoms with van der Waals surface area (Å²) >= 11 is 0. The van der Waals surface area contributed by atoms with Crippen LogP contribution in [-0.4, -0.2) is 47.9 Å². The standard InChI is InChI=1S/C17H29N3O2/c1-11-7-12(2)10-20(9-11)16(21)8-15-17(22)19-14-6-4-3-5-13(14)18-15/h11-15,18H,3-10H2,1-2H3,(H,19,22)/p+1/t11-,12-,13-,14+,15+/m1/s1. The minimum atomic E-state index is -0.223. The summed E-state index contributed by atoms with van der Waals surface area (Å²) in [6.45, 7) is 6.12. The molecule has 0 aromatic rings. The molecule has 3 rings (SSSR count). The van der Waals surface area contributed by atoms with Crippen LogP contribution < -0.4 is 10.6 Å². The minimum Gasteiger partial charge on any atom is -0.342 e. The van der Waals surface area contributed by atoms with Crippen molar-refractivity contribution in [2.45, 2.75) is 70.5 Å². The van der Waals surface area contributed by atoms with E-state index in [1.165, 1.54) is 19.3 Å². The summed E-state index contributed by atoms with van der Waals surface area (Å²) in [7, 11) is 0. The molecule has 5 atom stereocenters. The van der Waals surface area contributed by atoms with E-state index in [-0.39, 0.29) is 17.9 Å². The monoisotopic (exact) mass is 308 g/mol. The Hall–Kier alpha value is -1.10. The Morgan fingerprint density at radius 1 is 1.23 bits per heavy atom. The molecule has 0 radical (unpaired) electrons. The van der Waals surface area contributed by atoms with Crippen LogP contribution in [0.25, 0.3) is 0 Å². The maximum atomic E-state index is 12.6. The Kier molecular flexibility index (Phi) is 4.71. The summed E-state index contributed by atoms with van der Waals surface area (Å²) in [5.41, 5.74) is 0. The molecule has 0 unspecified atom stereocenters. The number of hydrogen-bond acceptors (Lipinski definition) is 2. The quantitative estimate of drug-likeness (QED) is 0.768. The maximum absolute atomic E-state index is 12.6. The van der Waals surface area contributed by atoms with E-state index in [9.17, 15) is 9.59 Å². The fourth-order valence-electron chi connectivity index (χ4n) is 4.59. The van der Waals surface area contributed by atoms with E-state index in [0.29, 0.717) is 30.3 Å². The fraction of sp³-hybridized carbons (Fsp3) is 0.882. The lowest BCUT2D eigenvalue weighted by Crippen LogP contribution is -3.03. The summed E-state index contributed by atoms with van der Waals surface area (Å²) < 4.78 is 0. The van der Waals surface area contributed by atoms with Crippen molar-refractivity contribution in [2.24, 2.45) is 11.8 Å². The predicted molar refractivity (Wildman–Crippen MR) is 84.0 cm³/mol. The molecule has 2 aliphatic heterocycles. The SMILES string of the molecule is C[C@@H]1C[C@@H](C)CN(C(=O)C[C@@H]2[NH2+][C@@H]3CCCC[C@@H]3NC2=O)C1. The molecule has 3 fully saturated rings. The van der Waals surface area contributed by atoms with Crippen molar-refractivity contribution in [2.75, 3.05) is 13.1 Å². The first-order valence-corrected chi connectivity index (χ1v) is 8.96. The van der Waals surface area contributed by atoms with E-state index < -0.39 is 0 Å². The van der Waals surface area contributed by atoms with Gasteiger partial charge in [-0.15, -0.1) is 0 Å². The van der Waals surface area contributed by atoms with Crippen LogP contribution in [0, 0.1) is 11.8 Å². The molecule has 0 aromatic heterocycles. The van der Waals surface area contributed by atoms with Crippen LogP contribution in [0.2, 0.25) is 0 Å². The van der Waals surface area contributed by atoms with Gasteiger partial charge in [0.05, 0.1) is 12.5 Å². The van der Waals surface area contributed by atoms with E-state index in [0.717, 1.165) is 25.9 Å². The third-order valence-corrected chi connectivity index (χ3v) is 5.58. The summed E-state index contributed by atoms with van der Waals surface area (Å²) in [6, 6.07) is 0.575. The van der Waals surface area contributed by atoms with Gasteiger partial charge in [0.2, 0.25) is 5.91 Å². The second kappa shape index (κ2) is 6.57. The predicted octanol–water partition coefficient (Wildman–Crippen LogP) is 0.254. The first kappa shape index (κ1) is 15.8. The molecule has 0 aromatic carbocycles. The Balaban J connectivity index is 1.57. The molecular weight excluding hydrogens is 278 g/mol. The molecule has 5 heteroatoms. The zero-order valence-electron chi connectivity index (χ0n) is 13.9. The van der Waals surface area contributed by atoms with Crippen LogP contribution in [0.4, 0.5) is 0 Å². The van der Waals surface area contributed by atoms with Crippen molar-refractivity contribution in [1.29, 1.82) is 0 Å². The lowest BCUT2D eigenvalue weighted by atomic mass is 9.87. The Morgan fingerprint density at radius 2 is 1.91 bits per heavy atom. The first-order valence-electron chi connectivity index (χ1n) is 8.96. The molecule has 22 heavy (non-hydrogen) atoms. The highest BCUT2D eigenvalue weighted by atomic mass is 16.2. The average Bonchev–Trinajstić information content (AvgIpc) is 2.47. The molecule has 2 heterocycles. The van der Waals surface area contributed by atoms with Gasteiger partial charge < -0.3 is 15.5 Å². The maximum Gasteiger partial charge on any atom is 0.279 e. The molecule has 0 bridgehead atoms. The lowest BCUT2D eigenvalue weighted by Gasteiger charge is -2.39. The number of hydrogen-bond donors (Lipinski definition) is 2. The zero-order chi connectivity index (χ0) is 15.7. The molecule has 1 aliphatic carbocycles.